The number of hydrogen-bond acceptors (Lipinski definition) is 4. The van der Waals surface area contributed by atoms with Gasteiger partial charge in [0.15, 0.2) is 0 Å². The molecule has 0 saturated heterocycles. The first-order valence-electron chi connectivity index (χ1n) is 6.61. The normalized spacial score (nSPS) is 17.6. The van der Waals surface area contributed by atoms with E-state index in [1.807, 2.05) is 12.3 Å². The maximum Gasteiger partial charge on any atom is 0.128 e. The summed E-state index contributed by atoms with van der Waals surface area (Å²) >= 11 is 0. The average Bonchev–Trinajstić information content (AvgIpc) is 2.33. The zero-order valence-electron chi connectivity index (χ0n) is 11.7. The molecule has 0 aromatic carbocycles. The third-order valence-corrected chi connectivity index (χ3v) is 4.20. The van der Waals surface area contributed by atoms with Gasteiger partial charge in [-0.25, -0.2) is 4.98 Å². The fraction of sp³-hybridized carbons (Fsp3) is 0.643. The minimum Gasteiger partial charge on any atom is -0.358 e. The summed E-state index contributed by atoms with van der Waals surface area (Å²) in [5, 5.41) is 0. The Balaban J connectivity index is 2.09. The van der Waals surface area contributed by atoms with Gasteiger partial charge in [0.25, 0.3) is 0 Å². The van der Waals surface area contributed by atoms with Gasteiger partial charge in [-0.2, -0.15) is 0 Å². The molecule has 1 fully saturated rings. The van der Waals surface area contributed by atoms with Gasteiger partial charge in [-0.15, -0.1) is 0 Å². The molecule has 1 aliphatic rings. The summed E-state index contributed by atoms with van der Waals surface area (Å²) in [5.74, 6) is 1.02. The average molecular weight is 248 g/mol. The second-order valence-corrected chi connectivity index (χ2v) is 5.55. The molecule has 1 saturated carbocycles. The standard InChI is InChI=1S/C14H24N4/c1-17(2)14(6-4-7-14)11-18(3)13-9-12(10-15)5-8-16-13/h5,8-9H,4,6-7,10-11,15H2,1-3H3. The van der Waals surface area contributed by atoms with Crippen LogP contribution in [-0.4, -0.2) is 43.1 Å². The molecule has 2 N–H and O–H groups in total. The number of rotatable bonds is 5. The van der Waals surface area contributed by atoms with Crippen LogP contribution in [-0.2, 0) is 6.54 Å². The van der Waals surface area contributed by atoms with Gasteiger partial charge in [0.1, 0.15) is 5.82 Å². The highest BCUT2D eigenvalue weighted by Gasteiger charge is 2.40. The van der Waals surface area contributed by atoms with Gasteiger partial charge >= 0.3 is 0 Å². The summed E-state index contributed by atoms with van der Waals surface area (Å²) in [5.41, 5.74) is 7.14. The van der Waals surface area contributed by atoms with Crippen LogP contribution in [0.3, 0.4) is 0 Å². The molecule has 0 aliphatic heterocycles. The Morgan fingerprint density at radius 1 is 1.33 bits per heavy atom. The molecule has 4 nitrogen and oxygen atoms in total. The molecule has 4 heteroatoms. The number of likely N-dealkylation sites (N-methyl/N-ethyl adjacent to an activating group) is 2. The van der Waals surface area contributed by atoms with Crippen LogP contribution in [0.1, 0.15) is 24.8 Å². The Labute approximate surface area is 110 Å². The Hall–Kier alpha value is -1.13. The van der Waals surface area contributed by atoms with Gasteiger partial charge in [0.2, 0.25) is 0 Å². The second kappa shape index (κ2) is 5.24. The van der Waals surface area contributed by atoms with Gasteiger partial charge in [0.05, 0.1) is 0 Å². The fourth-order valence-corrected chi connectivity index (χ4v) is 2.65. The summed E-state index contributed by atoms with van der Waals surface area (Å²) in [4.78, 5) is 9.05. The highest BCUT2D eigenvalue weighted by Crippen LogP contribution is 2.37. The zero-order valence-corrected chi connectivity index (χ0v) is 11.7. The molecule has 1 aliphatic carbocycles. The summed E-state index contributed by atoms with van der Waals surface area (Å²) in [7, 11) is 6.47. The lowest BCUT2D eigenvalue weighted by Gasteiger charge is -2.49. The molecule has 1 heterocycles. The first kappa shape index (κ1) is 13.3. The first-order chi connectivity index (χ1) is 8.57. The molecule has 0 bridgehead atoms. The lowest BCUT2D eigenvalue weighted by molar-refractivity contribution is 0.0682. The van der Waals surface area contributed by atoms with Crippen molar-refractivity contribution in [1.29, 1.82) is 0 Å². The van der Waals surface area contributed by atoms with E-state index in [9.17, 15) is 0 Å². The van der Waals surface area contributed by atoms with Crippen LogP contribution < -0.4 is 10.6 Å². The smallest absolute Gasteiger partial charge is 0.128 e. The van der Waals surface area contributed by atoms with Crippen molar-refractivity contribution >= 4 is 5.82 Å². The molecular formula is C14H24N4. The van der Waals surface area contributed by atoms with Crippen LogP contribution in [0.4, 0.5) is 5.82 Å². The number of hydrogen-bond donors (Lipinski definition) is 1. The van der Waals surface area contributed by atoms with Gasteiger partial charge in [-0.3, -0.25) is 0 Å². The van der Waals surface area contributed by atoms with Crippen molar-refractivity contribution in [3.8, 4) is 0 Å². The molecule has 0 radical (unpaired) electrons. The molecule has 2 rings (SSSR count). The maximum absolute atomic E-state index is 5.68. The quantitative estimate of drug-likeness (QED) is 0.857. The van der Waals surface area contributed by atoms with Crippen molar-refractivity contribution in [3.63, 3.8) is 0 Å². The van der Waals surface area contributed by atoms with Crippen LogP contribution in [0.15, 0.2) is 18.3 Å². The SMILES string of the molecule is CN(CC1(N(C)C)CCC1)c1cc(CN)ccn1. The van der Waals surface area contributed by atoms with E-state index in [1.54, 1.807) is 0 Å². The topological polar surface area (TPSA) is 45.4 Å². The fourth-order valence-electron chi connectivity index (χ4n) is 2.65. The molecule has 100 valence electrons. The lowest BCUT2D eigenvalue weighted by Crippen LogP contribution is -2.56. The molecular weight excluding hydrogens is 224 g/mol. The van der Waals surface area contributed by atoms with Gasteiger partial charge in [-0.05, 0) is 51.1 Å². The number of anilines is 1. The number of nitrogens with zero attached hydrogens (tertiary/aromatic N) is 3. The predicted octanol–water partition coefficient (Wildman–Crippen LogP) is 1.46. The number of aromatic nitrogens is 1. The van der Waals surface area contributed by atoms with E-state index in [4.69, 9.17) is 5.73 Å². The van der Waals surface area contributed by atoms with Crippen LogP contribution in [0, 0.1) is 0 Å². The van der Waals surface area contributed by atoms with Crippen molar-refractivity contribution in [2.75, 3.05) is 32.6 Å². The summed E-state index contributed by atoms with van der Waals surface area (Å²) in [6.07, 6.45) is 5.74. The molecule has 18 heavy (non-hydrogen) atoms. The molecule has 0 amide bonds. The summed E-state index contributed by atoms with van der Waals surface area (Å²) in [6, 6.07) is 4.06. The van der Waals surface area contributed by atoms with E-state index >= 15 is 0 Å². The van der Waals surface area contributed by atoms with E-state index in [-0.39, 0.29) is 0 Å². The Morgan fingerprint density at radius 2 is 2.06 bits per heavy atom. The van der Waals surface area contributed by atoms with Crippen molar-refractivity contribution in [2.24, 2.45) is 5.73 Å². The van der Waals surface area contributed by atoms with Crippen LogP contribution in [0.5, 0.6) is 0 Å². The minimum absolute atomic E-state index is 0.329. The Bertz CT molecular complexity index is 399. The summed E-state index contributed by atoms with van der Waals surface area (Å²) in [6.45, 7) is 1.60. The molecule has 1 aromatic heterocycles. The summed E-state index contributed by atoms with van der Waals surface area (Å²) < 4.78 is 0. The number of nitrogens with two attached hydrogens (primary N) is 1. The van der Waals surface area contributed by atoms with E-state index in [1.165, 1.54) is 19.3 Å². The third-order valence-electron chi connectivity index (χ3n) is 4.20. The molecule has 0 atom stereocenters. The van der Waals surface area contributed by atoms with Crippen molar-refractivity contribution in [3.05, 3.63) is 23.9 Å². The Kier molecular flexibility index (Phi) is 3.88. The predicted molar refractivity (Wildman–Crippen MR) is 75.7 cm³/mol. The van der Waals surface area contributed by atoms with Gasteiger partial charge in [0, 0.05) is 31.9 Å². The molecule has 0 unspecified atom stereocenters. The van der Waals surface area contributed by atoms with Gasteiger partial charge in [-0.1, -0.05) is 0 Å². The maximum atomic E-state index is 5.68. The Morgan fingerprint density at radius 3 is 2.56 bits per heavy atom. The largest absolute Gasteiger partial charge is 0.358 e. The highest BCUT2D eigenvalue weighted by molar-refractivity contribution is 5.41. The number of pyridine rings is 1. The first-order valence-corrected chi connectivity index (χ1v) is 6.61. The minimum atomic E-state index is 0.329. The van der Waals surface area contributed by atoms with Gasteiger partial charge < -0.3 is 15.5 Å². The van der Waals surface area contributed by atoms with Crippen LogP contribution >= 0.6 is 0 Å². The second-order valence-electron chi connectivity index (χ2n) is 5.55. The van der Waals surface area contributed by atoms with Crippen molar-refractivity contribution in [2.45, 2.75) is 31.3 Å². The molecule has 1 aromatic rings. The van der Waals surface area contributed by atoms with Crippen molar-refractivity contribution < 1.29 is 0 Å². The zero-order chi connectivity index (χ0) is 13.2. The third kappa shape index (κ3) is 2.49. The monoisotopic (exact) mass is 248 g/mol. The molecule has 0 spiro atoms. The van der Waals surface area contributed by atoms with E-state index in [0.717, 1.165) is 17.9 Å². The van der Waals surface area contributed by atoms with E-state index in [0.29, 0.717) is 12.1 Å². The lowest BCUT2D eigenvalue weighted by atomic mass is 9.75. The highest BCUT2D eigenvalue weighted by atomic mass is 15.2. The van der Waals surface area contributed by atoms with Crippen LogP contribution in [0.2, 0.25) is 0 Å². The van der Waals surface area contributed by atoms with Crippen molar-refractivity contribution in [1.82, 2.24) is 9.88 Å². The van der Waals surface area contributed by atoms with E-state index in [2.05, 4.69) is 42.0 Å². The van der Waals surface area contributed by atoms with E-state index < -0.39 is 0 Å². The van der Waals surface area contributed by atoms with Crippen LogP contribution in [0.25, 0.3) is 0 Å².